The van der Waals surface area contributed by atoms with Gasteiger partial charge in [-0.15, -0.1) is 11.3 Å². The molecule has 0 aliphatic heterocycles. The molecule has 2 heterocycles. The van der Waals surface area contributed by atoms with Gasteiger partial charge in [-0.1, -0.05) is 30.3 Å². The standard InChI is InChI=1S/C16H15N3O4S2/c1-19-8-7-17-15(19)14(11-5-3-2-4-6-11)18-25(22,23)13-9-12(10-24-13)16(20)21/h2-10,14,18H,1H3,(H,20,21)/t14-/m1/s1. The number of rotatable bonds is 6. The molecule has 0 spiro atoms. The van der Waals surface area contributed by atoms with E-state index in [2.05, 4.69) is 9.71 Å². The molecule has 130 valence electrons. The van der Waals surface area contributed by atoms with Crippen molar-refractivity contribution in [3.63, 3.8) is 0 Å². The largest absolute Gasteiger partial charge is 0.478 e. The number of aryl methyl sites for hydroxylation is 1. The number of hydrogen-bond acceptors (Lipinski definition) is 5. The first-order chi connectivity index (χ1) is 11.9. The third-order valence-electron chi connectivity index (χ3n) is 3.61. The molecular formula is C16H15N3O4S2. The molecule has 2 N–H and O–H groups in total. The van der Waals surface area contributed by atoms with Crippen LogP contribution in [0.3, 0.4) is 0 Å². The maximum absolute atomic E-state index is 12.7. The Kier molecular flexibility index (Phi) is 4.71. The van der Waals surface area contributed by atoms with Crippen LogP contribution >= 0.6 is 11.3 Å². The van der Waals surface area contributed by atoms with Crippen LogP contribution < -0.4 is 4.72 Å². The molecule has 3 rings (SSSR count). The molecule has 0 unspecified atom stereocenters. The number of aromatic carboxylic acids is 1. The fourth-order valence-corrected chi connectivity index (χ4v) is 4.71. The predicted octanol–water partition coefficient (Wildman–Crippen LogP) is 2.25. The minimum Gasteiger partial charge on any atom is -0.478 e. The number of benzene rings is 1. The number of carboxylic acid groups (broad SMARTS) is 1. The quantitative estimate of drug-likeness (QED) is 0.686. The molecule has 2 aromatic heterocycles. The minimum absolute atomic E-state index is 0.0555. The highest BCUT2D eigenvalue weighted by Gasteiger charge is 2.27. The van der Waals surface area contributed by atoms with Gasteiger partial charge in [0.05, 0.1) is 5.56 Å². The van der Waals surface area contributed by atoms with Crippen LogP contribution in [0.2, 0.25) is 0 Å². The summed E-state index contributed by atoms with van der Waals surface area (Å²) in [6.07, 6.45) is 3.32. The topological polar surface area (TPSA) is 101 Å². The van der Waals surface area contributed by atoms with Crippen LogP contribution in [0.4, 0.5) is 0 Å². The number of hydrogen-bond donors (Lipinski definition) is 2. The van der Waals surface area contributed by atoms with Gasteiger partial charge >= 0.3 is 5.97 Å². The minimum atomic E-state index is -3.91. The lowest BCUT2D eigenvalue weighted by Gasteiger charge is -2.18. The van der Waals surface area contributed by atoms with Gasteiger partial charge < -0.3 is 9.67 Å². The van der Waals surface area contributed by atoms with E-state index in [4.69, 9.17) is 5.11 Å². The molecule has 1 aromatic carbocycles. The molecule has 0 aliphatic rings. The van der Waals surface area contributed by atoms with Crippen molar-refractivity contribution in [2.45, 2.75) is 10.3 Å². The molecule has 0 amide bonds. The van der Waals surface area contributed by atoms with Crippen molar-refractivity contribution < 1.29 is 18.3 Å². The third kappa shape index (κ3) is 3.63. The zero-order chi connectivity index (χ0) is 18.0. The van der Waals surface area contributed by atoms with Crippen LogP contribution in [-0.4, -0.2) is 29.0 Å². The predicted molar refractivity (Wildman–Crippen MR) is 93.1 cm³/mol. The van der Waals surface area contributed by atoms with E-state index in [1.165, 1.54) is 5.38 Å². The smallest absolute Gasteiger partial charge is 0.336 e. The van der Waals surface area contributed by atoms with E-state index in [1.807, 2.05) is 18.2 Å². The van der Waals surface area contributed by atoms with Gasteiger partial charge in [-0.25, -0.2) is 18.2 Å². The molecule has 7 nitrogen and oxygen atoms in total. The normalized spacial score (nSPS) is 12.8. The zero-order valence-electron chi connectivity index (χ0n) is 13.2. The lowest BCUT2D eigenvalue weighted by molar-refractivity contribution is 0.0697. The number of aromatic nitrogens is 2. The lowest BCUT2D eigenvalue weighted by atomic mass is 10.1. The summed E-state index contributed by atoms with van der Waals surface area (Å²) in [6, 6.07) is 9.53. The van der Waals surface area contributed by atoms with E-state index >= 15 is 0 Å². The number of thiophene rings is 1. The van der Waals surface area contributed by atoms with E-state index < -0.39 is 22.0 Å². The number of nitrogens with zero attached hydrogens (tertiary/aromatic N) is 2. The van der Waals surface area contributed by atoms with E-state index in [-0.39, 0.29) is 9.77 Å². The van der Waals surface area contributed by atoms with Crippen LogP contribution in [0.1, 0.15) is 27.8 Å². The SMILES string of the molecule is Cn1ccnc1[C@H](NS(=O)(=O)c1cc(C(=O)O)cs1)c1ccccc1. The van der Waals surface area contributed by atoms with Crippen molar-refractivity contribution in [3.05, 3.63) is 71.1 Å². The Morgan fingerprint density at radius 3 is 2.60 bits per heavy atom. The number of carboxylic acids is 1. The molecule has 0 radical (unpaired) electrons. The summed E-state index contributed by atoms with van der Waals surface area (Å²) in [4.78, 5) is 15.2. The van der Waals surface area contributed by atoms with Crippen LogP contribution in [-0.2, 0) is 17.1 Å². The van der Waals surface area contributed by atoms with Gasteiger partial charge in [0.15, 0.2) is 0 Å². The van der Waals surface area contributed by atoms with Crippen LogP contribution in [0.5, 0.6) is 0 Å². The average molecular weight is 377 g/mol. The molecular weight excluding hydrogens is 362 g/mol. The van der Waals surface area contributed by atoms with E-state index in [0.29, 0.717) is 5.82 Å². The highest BCUT2D eigenvalue weighted by Crippen LogP contribution is 2.26. The number of sulfonamides is 1. The fourth-order valence-electron chi connectivity index (χ4n) is 2.35. The molecule has 0 saturated carbocycles. The Hall–Kier alpha value is -2.49. The second-order valence-electron chi connectivity index (χ2n) is 5.32. The fraction of sp³-hybridized carbons (Fsp3) is 0.125. The van der Waals surface area contributed by atoms with Crippen molar-refractivity contribution in [2.24, 2.45) is 7.05 Å². The van der Waals surface area contributed by atoms with Crippen molar-refractivity contribution in [3.8, 4) is 0 Å². The summed E-state index contributed by atoms with van der Waals surface area (Å²) in [6.45, 7) is 0. The van der Waals surface area contributed by atoms with Crippen LogP contribution in [0, 0.1) is 0 Å². The second-order valence-corrected chi connectivity index (χ2v) is 8.17. The van der Waals surface area contributed by atoms with Crippen LogP contribution in [0.25, 0.3) is 0 Å². The first-order valence-corrected chi connectivity index (χ1v) is 9.61. The Labute approximate surface area is 148 Å². The monoisotopic (exact) mass is 377 g/mol. The lowest BCUT2D eigenvalue weighted by Crippen LogP contribution is -2.30. The van der Waals surface area contributed by atoms with Gasteiger partial charge in [0.2, 0.25) is 0 Å². The summed E-state index contributed by atoms with van der Waals surface area (Å²) in [5, 5.41) is 10.3. The zero-order valence-corrected chi connectivity index (χ0v) is 14.8. The van der Waals surface area contributed by atoms with Gasteiger partial charge in [-0.05, 0) is 11.6 Å². The molecule has 9 heteroatoms. The van der Waals surface area contributed by atoms with Gasteiger partial charge in [0, 0.05) is 24.8 Å². The third-order valence-corrected chi connectivity index (χ3v) is 6.47. The maximum Gasteiger partial charge on any atom is 0.336 e. The van der Waals surface area contributed by atoms with Gasteiger partial charge in [-0.3, -0.25) is 0 Å². The van der Waals surface area contributed by atoms with E-state index in [1.54, 1.807) is 36.1 Å². The van der Waals surface area contributed by atoms with Gasteiger partial charge in [-0.2, -0.15) is 4.72 Å². The van der Waals surface area contributed by atoms with Crippen molar-refractivity contribution in [1.29, 1.82) is 0 Å². The summed E-state index contributed by atoms with van der Waals surface area (Å²) in [5.74, 6) is -0.633. The molecule has 0 aliphatic carbocycles. The number of imidazole rings is 1. The van der Waals surface area contributed by atoms with Gasteiger partial charge in [0.1, 0.15) is 16.1 Å². The molecule has 25 heavy (non-hydrogen) atoms. The Bertz CT molecular complexity index is 993. The van der Waals surface area contributed by atoms with Crippen molar-refractivity contribution >= 4 is 27.3 Å². The molecule has 0 fully saturated rings. The van der Waals surface area contributed by atoms with Crippen molar-refractivity contribution in [1.82, 2.24) is 14.3 Å². The highest BCUT2D eigenvalue weighted by molar-refractivity contribution is 7.91. The number of carbonyl (C=O) groups is 1. The first kappa shape index (κ1) is 17.3. The summed E-state index contributed by atoms with van der Waals surface area (Å²) < 4.78 is 29.8. The van der Waals surface area contributed by atoms with E-state index in [9.17, 15) is 13.2 Å². The molecule has 1 atom stereocenters. The molecule has 0 bridgehead atoms. The average Bonchev–Trinajstić information content (AvgIpc) is 3.23. The van der Waals surface area contributed by atoms with Gasteiger partial charge in [0.25, 0.3) is 10.0 Å². The van der Waals surface area contributed by atoms with Crippen LogP contribution in [0.15, 0.2) is 58.4 Å². The Morgan fingerprint density at radius 2 is 2.04 bits per heavy atom. The first-order valence-electron chi connectivity index (χ1n) is 7.25. The Morgan fingerprint density at radius 1 is 1.32 bits per heavy atom. The second kappa shape index (κ2) is 6.79. The molecule has 3 aromatic rings. The summed E-state index contributed by atoms with van der Waals surface area (Å²) in [7, 11) is -2.13. The summed E-state index contributed by atoms with van der Waals surface area (Å²) >= 11 is 0.865. The van der Waals surface area contributed by atoms with E-state index in [0.717, 1.165) is 23.0 Å². The molecule has 0 saturated heterocycles. The van der Waals surface area contributed by atoms with Crippen molar-refractivity contribution in [2.75, 3.05) is 0 Å². The number of nitrogens with one attached hydrogen (secondary N) is 1. The Balaban J connectivity index is 2.00. The highest BCUT2D eigenvalue weighted by atomic mass is 32.2. The maximum atomic E-state index is 12.7. The summed E-state index contributed by atoms with van der Waals surface area (Å²) in [5.41, 5.74) is 0.675.